The third-order valence-corrected chi connectivity index (χ3v) is 13.8. The van der Waals surface area contributed by atoms with E-state index < -0.39 is 0 Å². The zero-order chi connectivity index (χ0) is 35.4. The lowest BCUT2D eigenvalue weighted by atomic mass is 9.43. The van der Waals surface area contributed by atoms with Crippen molar-refractivity contribution in [3.05, 3.63) is 175 Å². The molecule has 4 saturated carbocycles. The van der Waals surface area contributed by atoms with Crippen LogP contribution in [-0.2, 0) is 5.41 Å². The molecule has 0 aliphatic heterocycles. The molecule has 0 unspecified atom stereocenters. The Balaban J connectivity index is 1.09. The highest BCUT2D eigenvalue weighted by atomic mass is 16.3. The molecule has 260 valence electrons. The van der Waals surface area contributed by atoms with Crippen LogP contribution in [0.2, 0.25) is 0 Å². The largest absolute Gasteiger partial charge is 0.456 e. The van der Waals surface area contributed by atoms with Crippen LogP contribution in [0.25, 0.3) is 55.3 Å². The van der Waals surface area contributed by atoms with Gasteiger partial charge in [0.25, 0.3) is 0 Å². The molecular formula is C52H41NO. The van der Waals surface area contributed by atoms with Gasteiger partial charge in [0.15, 0.2) is 0 Å². The van der Waals surface area contributed by atoms with E-state index in [1.807, 2.05) is 0 Å². The third-order valence-electron chi connectivity index (χ3n) is 13.8. The molecule has 0 amide bonds. The Morgan fingerprint density at radius 1 is 0.426 bits per heavy atom. The number of benzene rings is 7. The number of rotatable bonds is 5. The van der Waals surface area contributed by atoms with Crippen molar-refractivity contribution >= 4 is 39.0 Å². The molecule has 0 atom stereocenters. The molecule has 2 heteroatoms. The van der Waals surface area contributed by atoms with Gasteiger partial charge in [0.05, 0.1) is 5.69 Å². The number of hydrogen-bond acceptors (Lipinski definition) is 2. The van der Waals surface area contributed by atoms with Gasteiger partial charge in [-0.05, 0) is 137 Å². The van der Waals surface area contributed by atoms with Gasteiger partial charge >= 0.3 is 0 Å². The number of nitrogens with zero attached hydrogens (tertiary/aromatic N) is 1. The Morgan fingerprint density at radius 3 is 1.87 bits per heavy atom. The summed E-state index contributed by atoms with van der Waals surface area (Å²) < 4.78 is 6.50. The van der Waals surface area contributed by atoms with E-state index >= 15 is 0 Å². The van der Waals surface area contributed by atoms with Gasteiger partial charge in [-0.15, -0.1) is 0 Å². The van der Waals surface area contributed by atoms with Crippen LogP contribution in [0.15, 0.2) is 168 Å². The highest BCUT2D eigenvalue weighted by molar-refractivity contribution is 6.06. The summed E-state index contributed by atoms with van der Waals surface area (Å²) in [5.41, 5.74) is 16.4. The first-order chi connectivity index (χ1) is 26.7. The number of furan rings is 1. The van der Waals surface area contributed by atoms with Crippen molar-refractivity contribution in [2.45, 2.75) is 37.5 Å². The summed E-state index contributed by atoms with van der Waals surface area (Å²) in [6.07, 6.45) is 6.94. The molecule has 2 nitrogen and oxygen atoms in total. The SMILES string of the molecule is c1ccc(-c2ccc3c(c2)C2(c4ccc(N(c5ccc6c(c5)oc5ccccc56)c5ccccc5-c5ccccc5)cc4-3)C3CC4CC(C3)CC2C4)cc1. The van der Waals surface area contributed by atoms with Crippen molar-refractivity contribution in [1.29, 1.82) is 0 Å². The van der Waals surface area contributed by atoms with Crippen molar-refractivity contribution in [3.63, 3.8) is 0 Å². The smallest absolute Gasteiger partial charge is 0.137 e. The van der Waals surface area contributed by atoms with E-state index in [0.717, 1.165) is 45.1 Å². The minimum atomic E-state index is 0.0847. The van der Waals surface area contributed by atoms with Crippen LogP contribution in [0.3, 0.4) is 0 Å². The van der Waals surface area contributed by atoms with Crippen LogP contribution in [-0.4, -0.2) is 0 Å². The van der Waals surface area contributed by atoms with E-state index in [9.17, 15) is 0 Å². The third kappa shape index (κ3) is 4.34. The Kier molecular flexibility index (Phi) is 6.55. The second-order valence-corrected chi connectivity index (χ2v) is 16.5. The number of anilines is 3. The second kappa shape index (κ2) is 11.6. The zero-order valence-electron chi connectivity index (χ0n) is 30.3. The van der Waals surface area contributed by atoms with E-state index in [2.05, 4.69) is 169 Å². The first-order valence-corrected chi connectivity index (χ1v) is 19.9. The standard InChI is InChI=1S/C52H41NO/c1-3-11-35(12-4-1)37-19-22-43-46-31-40(21-24-47(46)52(48(43)30-37)38-26-33-25-34(28-38)29-39(52)27-33)53(49-17-9-7-15-42(49)36-13-5-2-6-14-36)41-20-23-45-44-16-8-10-18-50(44)54-51(45)32-41/h1-24,30-34,38-39H,25-29H2. The minimum Gasteiger partial charge on any atom is -0.456 e. The molecule has 5 aliphatic carbocycles. The molecule has 4 bridgehead atoms. The maximum absolute atomic E-state index is 6.50. The summed E-state index contributed by atoms with van der Waals surface area (Å²) >= 11 is 0. The summed E-state index contributed by atoms with van der Waals surface area (Å²) in [5, 5.41) is 2.30. The van der Waals surface area contributed by atoms with Crippen molar-refractivity contribution in [2.24, 2.45) is 23.7 Å². The summed E-state index contributed by atoms with van der Waals surface area (Å²) in [5.74, 6) is 3.22. The minimum absolute atomic E-state index is 0.0847. The predicted octanol–water partition coefficient (Wildman–Crippen LogP) is 14.1. The lowest BCUT2D eigenvalue weighted by Crippen LogP contribution is -2.55. The Morgan fingerprint density at radius 2 is 1.07 bits per heavy atom. The van der Waals surface area contributed by atoms with E-state index in [1.54, 1.807) is 11.1 Å². The summed E-state index contributed by atoms with van der Waals surface area (Å²) in [6.45, 7) is 0. The highest BCUT2D eigenvalue weighted by Crippen LogP contribution is 2.70. The molecule has 1 heterocycles. The molecule has 0 saturated heterocycles. The maximum Gasteiger partial charge on any atom is 0.137 e. The molecule has 7 aromatic carbocycles. The molecular weight excluding hydrogens is 655 g/mol. The second-order valence-electron chi connectivity index (χ2n) is 16.5. The van der Waals surface area contributed by atoms with Gasteiger partial charge < -0.3 is 9.32 Å². The normalized spacial score (nSPS) is 23.3. The molecule has 1 aromatic heterocycles. The molecule has 0 radical (unpaired) electrons. The molecule has 8 aromatic rings. The number of fused-ring (bicyclic) bond motifs is 6. The summed E-state index contributed by atoms with van der Waals surface area (Å²) in [7, 11) is 0. The molecule has 1 spiro atoms. The van der Waals surface area contributed by atoms with E-state index in [-0.39, 0.29) is 5.41 Å². The molecule has 4 fully saturated rings. The van der Waals surface area contributed by atoms with E-state index in [0.29, 0.717) is 11.8 Å². The fraction of sp³-hybridized carbons (Fsp3) is 0.192. The Hall–Kier alpha value is -5.86. The van der Waals surface area contributed by atoms with Crippen molar-refractivity contribution in [2.75, 3.05) is 4.90 Å². The summed E-state index contributed by atoms with van der Waals surface area (Å²) in [6, 6.07) is 60.8. The van der Waals surface area contributed by atoms with Crippen LogP contribution >= 0.6 is 0 Å². The molecule has 13 rings (SSSR count). The van der Waals surface area contributed by atoms with Crippen LogP contribution in [0, 0.1) is 23.7 Å². The van der Waals surface area contributed by atoms with Crippen molar-refractivity contribution < 1.29 is 4.42 Å². The molecule has 54 heavy (non-hydrogen) atoms. The molecule has 5 aliphatic rings. The van der Waals surface area contributed by atoms with Gasteiger partial charge in [-0.3, -0.25) is 0 Å². The lowest BCUT2D eigenvalue weighted by molar-refractivity contribution is -0.0399. The lowest BCUT2D eigenvalue weighted by Gasteiger charge is -2.61. The van der Waals surface area contributed by atoms with Crippen LogP contribution in [0.1, 0.15) is 43.2 Å². The number of hydrogen-bond donors (Lipinski definition) is 0. The van der Waals surface area contributed by atoms with Crippen molar-refractivity contribution in [3.8, 4) is 33.4 Å². The van der Waals surface area contributed by atoms with Gasteiger partial charge in [-0.1, -0.05) is 115 Å². The predicted molar refractivity (Wildman–Crippen MR) is 223 cm³/mol. The Labute approximate surface area is 316 Å². The Bertz CT molecular complexity index is 2710. The fourth-order valence-corrected chi connectivity index (χ4v) is 12.0. The van der Waals surface area contributed by atoms with Gasteiger partial charge in [-0.25, -0.2) is 0 Å². The highest BCUT2D eigenvalue weighted by Gasteiger charge is 2.61. The quantitative estimate of drug-likeness (QED) is 0.178. The van der Waals surface area contributed by atoms with Gasteiger partial charge in [-0.2, -0.15) is 0 Å². The number of para-hydroxylation sites is 2. The topological polar surface area (TPSA) is 16.4 Å². The maximum atomic E-state index is 6.50. The fourth-order valence-electron chi connectivity index (χ4n) is 12.0. The van der Waals surface area contributed by atoms with Crippen LogP contribution in [0.5, 0.6) is 0 Å². The first kappa shape index (κ1) is 30.6. The van der Waals surface area contributed by atoms with Crippen LogP contribution < -0.4 is 4.90 Å². The van der Waals surface area contributed by atoms with Gasteiger partial charge in [0.1, 0.15) is 11.2 Å². The van der Waals surface area contributed by atoms with E-state index in [1.165, 1.54) is 71.2 Å². The van der Waals surface area contributed by atoms with Crippen LogP contribution in [0.4, 0.5) is 17.1 Å². The average molecular weight is 696 g/mol. The van der Waals surface area contributed by atoms with Crippen molar-refractivity contribution in [1.82, 2.24) is 0 Å². The summed E-state index contributed by atoms with van der Waals surface area (Å²) in [4.78, 5) is 2.47. The van der Waals surface area contributed by atoms with Gasteiger partial charge in [0.2, 0.25) is 0 Å². The monoisotopic (exact) mass is 695 g/mol. The van der Waals surface area contributed by atoms with Gasteiger partial charge in [0, 0.05) is 39.2 Å². The van der Waals surface area contributed by atoms with E-state index in [4.69, 9.17) is 4.42 Å². The average Bonchev–Trinajstić information content (AvgIpc) is 3.73. The zero-order valence-corrected chi connectivity index (χ0v) is 30.3. The molecule has 0 N–H and O–H groups in total. The first-order valence-electron chi connectivity index (χ1n) is 19.9.